The molecule has 0 heterocycles. The predicted molar refractivity (Wildman–Crippen MR) is 97.5 cm³/mol. The molecule has 0 saturated heterocycles. The van der Waals surface area contributed by atoms with Gasteiger partial charge in [0, 0.05) is 18.7 Å². The van der Waals surface area contributed by atoms with Gasteiger partial charge in [0.25, 0.3) is 5.91 Å². The van der Waals surface area contributed by atoms with Crippen molar-refractivity contribution in [2.75, 3.05) is 0 Å². The van der Waals surface area contributed by atoms with Crippen LogP contribution in [0.15, 0.2) is 72.8 Å². The number of hydrogen-bond donors (Lipinski definition) is 0. The third kappa shape index (κ3) is 4.77. The molecular weight excluding hydrogens is 346 g/mol. The zero-order valence-electron chi connectivity index (χ0n) is 14.4. The van der Waals surface area contributed by atoms with Gasteiger partial charge >= 0.3 is 0 Å². The van der Waals surface area contributed by atoms with Gasteiger partial charge in [0.2, 0.25) is 0 Å². The lowest BCUT2D eigenvalue weighted by molar-refractivity contribution is 0.0729. The molecule has 0 N–H and O–H groups in total. The third-order valence-electron chi connectivity index (χ3n) is 4.08. The Morgan fingerprint density at radius 2 is 1.48 bits per heavy atom. The molecule has 0 spiro atoms. The molecule has 0 aliphatic heterocycles. The molecule has 3 aromatic carbocycles. The van der Waals surface area contributed by atoms with Crippen molar-refractivity contribution in [2.45, 2.75) is 13.1 Å². The molecular formula is C22H16F2N2O. The quantitative estimate of drug-likeness (QED) is 0.661. The first-order valence-electron chi connectivity index (χ1n) is 8.33. The second-order valence-corrected chi connectivity index (χ2v) is 6.11. The lowest BCUT2D eigenvalue weighted by Gasteiger charge is -2.23. The number of carbonyl (C=O) groups is 1. The Kier molecular flexibility index (Phi) is 5.58. The first-order chi connectivity index (χ1) is 13.0. The summed E-state index contributed by atoms with van der Waals surface area (Å²) in [4.78, 5) is 14.4. The summed E-state index contributed by atoms with van der Waals surface area (Å²) in [7, 11) is 0. The average Bonchev–Trinajstić information content (AvgIpc) is 2.67. The molecule has 0 bridgehead atoms. The Balaban J connectivity index is 1.89. The van der Waals surface area contributed by atoms with Crippen LogP contribution in [0.1, 0.15) is 27.0 Å². The summed E-state index contributed by atoms with van der Waals surface area (Å²) in [6.07, 6.45) is 0. The largest absolute Gasteiger partial charge is 0.330 e. The molecule has 0 radical (unpaired) electrons. The van der Waals surface area contributed by atoms with Crippen LogP contribution in [0, 0.1) is 23.0 Å². The van der Waals surface area contributed by atoms with Crippen LogP contribution in [0.2, 0.25) is 0 Å². The van der Waals surface area contributed by atoms with E-state index < -0.39 is 5.82 Å². The van der Waals surface area contributed by atoms with E-state index in [1.165, 1.54) is 35.2 Å². The zero-order valence-corrected chi connectivity index (χ0v) is 14.4. The number of nitriles is 1. The van der Waals surface area contributed by atoms with Crippen molar-refractivity contribution in [1.82, 2.24) is 4.90 Å². The molecule has 3 rings (SSSR count). The molecule has 0 fully saturated rings. The van der Waals surface area contributed by atoms with Gasteiger partial charge in [-0.15, -0.1) is 0 Å². The SMILES string of the molecule is N#Cc1ccc(CN(Cc2cccc(F)c2)C(=O)c2cccc(F)c2)cc1. The molecule has 0 aliphatic carbocycles. The van der Waals surface area contributed by atoms with Crippen LogP contribution in [0.3, 0.4) is 0 Å². The summed E-state index contributed by atoms with van der Waals surface area (Å²) in [5.74, 6) is -1.24. The standard InChI is InChI=1S/C22H16F2N2O/c23-20-5-1-3-18(11-20)15-26(14-17-9-7-16(13-25)8-10-17)22(27)19-4-2-6-21(24)12-19/h1-12H,14-15H2. The van der Waals surface area contributed by atoms with Crippen molar-refractivity contribution in [2.24, 2.45) is 0 Å². The number of benzene rings is 3. The van der Waals surface area contributed by atoms with Crippen LogP contribution < -0.4 is 0 Å². The van der Waals surface area contributed by atoms with Crippen molar-refractivity contribution in [3.8, 4) is 6.07 Å². The highest BCUT2D eigenvalue weighted by Crippen LogP contribution is 2.16. The minimum Gasteiger partial charge on any atom is -0.330 e. The number of nitrogens with zero attached hydrogens (tertiary/aromatic N) is 2. The topological polar surface area (TPSA) is 44.1 Å². The van der Waals surface area contributed by atoms with Crippen molar-refractivity contribution >= 4 is 5.91 Å². The van der Waals surface area contributed by atoms with Crippen LogP contribution in [-0.2, 0) is 13.1 Å². The molecule has 0 aromatic heterocycles. The summed E-state index contributed by atoms with van der Waals surface area (Å²) in [6.45, 7) is 0.421. The van der Waals surface area contributed by atoms with Crippen molar-refractivity contribution in [3.63, 3.8) is 0 Å². The number of halogens is 2. The molecule has 0 saturated carbocycles. The fourth-order valence-corrected chi connectivity index (χ4v) is 2.76. The smallest absolute Gasteiger partial charge is 0.254 e. The molecule has 134 valence electrons. The van der Waals surface area contributed by atoms with Gasteiger partial charge in [-0.3, -0.25) is 4.79 Å². The van der Waals surface area contributed by atoms with E-state index in [9.17, 15) is 13.6 Å². The van der Waals surface area contributed by atoms with Crippen molar-refractivity contribution < 1.29 is 13.6 Å². The molecule has 0 unspecified atom stereocenters. The Labute approximate surface area is 156 Å². The maximum Gasteiger partial charge on any atom is 0.254 e. The monoisotopic (exact) mass is 362 g/mol. The number of hydrogen-bond acceptors (Lipinski definition) is 2. The van der Waals surface area contributed by atoms with E-state index in [-0.39, 0.29) is 30.4 Å². The molecule has 0 atom stereocenters. The first kappa shape index (κ1) is 18.3. The van der Waals surface area contributed by atoms with E-state index in [1.54, 1.807) is 42.5 Å². The van der Waals surface area contributed by atoms with E-state index in [0.717, 1.165) is 5.56 Å². The van der Waals surface area contributed by atoms with Crippen LogP contribution in [0.5, 0.6) is 0 Å². The molecule has 3 nitrogen and oxygen atoms in total. The Morgan fingerprint density at radius 3 is 2.11 bits per heavy atom. The lowest BCUT2D eigenvalue weighted by Crippen LogP contribution is -2.30. The van der Waals surface area contributed by atoms with Gasteiger partial charge in [-0.1, -0.05) is 30.3 Å². The van der Waals surface area contributed by atoms with Gasteiger partial charge in [0.1, 0.15) is 11.6 Å². The highest BCUT2D eigenvalue weighted by molar-refractivity contribution is 5.94. The molecule has 1 amide bonds. The summed E-state index contributed by atoms with van der Waals surface area (Å²) in [5, 5.41) is 8.91. The number of rotatable bonds is 5. The summed E-state index contributed by atoms with van der Waals surface area (Å²) in [6, 6.07) is 20.4. The Bertz CT molecular complexity index is 994. The maximum absolute atomic E-state index is 13.5. The summed E-state index contributed by atoms with van der Waals surface area (Å²) in [5.41, 5.74) is 2.19. The molecule has 27 heavy (non-hydrogen) atoms. The third-order valence-corrected chi connectivity index (χ3v) is 4.08. The van der Waals surface area contributed by atoms with Crippen molar-refractivity contribution in [1.29, 1.82) is 5.26 Å². The van der Waals surface area contributed by atoms with E-state index in [2.05, 4.69) is 0 Å². The minimum absolute atomic E-state index is 0.174. The van der Waals surface area contributed by atoms with Gasteiger partial charge in [-0.05, 0) is 53.6 Å². The second kappa shape index (κ2) is 8.24. The van der Waals surface area contributed by atoms with Gasteiger partial charge in [-0.25, -0.2) is 8.78 Å². The highest BCUT2D eigenvalue weighted by Gasteiger charge is 2.17. The van der Waals surface area contributed by atoms with Gasteiger partial charge < -0.3 is 4.90 Å². The summed E-state index contributed by atoms with van der Waals surface area (Å²) >= 11 is 0. The maximum atomic E-state index is 13.5. The van der Waals surface area contributed by atoms with Crippen LogP contribution in [0.25, 0.3) is 0 Å². The van der Waals surface area contributed by atoms with Crippen molar-refractivity contribution in [3.05, 3.63) is 107 Å². The minimum atomic E-state index is -0.495. The van der Waals surface area contributed by atoms with Crippen LogP contribution in [0.4, 0.5) is 8.78 Å². The number of carbonyl (C=O) groups excluding carboxylic acids is 1. The molecule has 5 heteroatoms. The molecule has 3 aromatic rings. The predicted octanol–water partition coefficient (Wildman–Crippen LogP) is 4.68. The van der Waals surface area contributed by atoms with E-state index in [0.29, 0.717) is 11.1 Å². The normalized spacial score (nSPS) is 10.3. The van der Waals surface area contributed by atoms with E-state index in [4.69, 9.17) is 5.26 Å². The van der Waals surface area contributed by atoms with E-state index in [1.807, 2.05) is 6.07 Å². The van der Waals surface area contributed by atoms with E-state index >= 15 is 0 Å². The zero-order chi connectivity index (χ0) is 19.2. The van der Waals surface area contributed by atoms with Crippen LogP contribution in [-0.4, -0.2) is 10.8 Å². The Hall–Kier alpha value is -3.52. The number of amides is 1. The summed E-state index contributed by atoms with van der Waals surface area (Å²) < 4.78 is 27.1. The van der Waals surface area contributed by atoms with Gasteiger partial charge in [0.05, 0.1) is 11.6 Å². The Morgan fingerprint density at radius 1 is 0.852 bits per heavy atom. The fraction of sp³-hybridized carbons (Fsp3) is 0.0909. The first-order valence-corrected chi connectivity index (χ1v) is 8.33. The average molecular weight is 362 g/mol. The van der Waals surface area contributed by atoms with Crippen LogP contribution >= 0.6 is 0 Å². The molecule has 0 aliphatic rings. The fourth-order valence-electron chi connectivity index (χ4n) is 2.76. The van der Waals surface area contributed by atoms with Gasteiger partial charge in [0.15, 0.2) is 0 Å². The lowest BCUT2D eigenvalue weighted by atomic mass is 10.1. The second-order valence-electron chi connectivity index (χ2n) is 6.11. The highest BCUT2D eigenvalue weighted by atomic mass is 19.1. The van der Waals surface area contributed by atoms with Gasteiger partial charge in [-0.2, -0.15) is 5.26 Å².